The minimum absolute atomic E-state index is 0.146. The zero-order chi connectivity index (χ0) is 24.9. The highest BCUT2D eigenvalue weighted by atomic mass is 32.2. The molecule has 0 radical (unpaired) electrons. The molecule has 178 valence electrons. The van der Waals surface area contributed by atoms with Gasteiger partial charge in [-0.1, -0.05) is 18.2 Å². The fourth-order valence-corrected chi connectivity index (χ4v) is 3.89. The number of benzene rings is 3. The summed E-state index contributed by atoms with van der Waals surface area (Å²) in [6.45, 7) is 1.06. The highest BCUT2D eigenvalue weighted by Crippen LogP contribution is 2.31. The Labute approximate surface area is 193 Å². The number of hydrogen-bond donors (Lipinski definition) is 2. The first-order valence-corrected chi connectivity index (χ1v) is 11.3. The number of sulfonamides is 1. The van der Waals surface area contributed by atoms with Crippen LogP contribution in [-0.4, -0.2) is 26.7 Å². The van der Waals surface area contributed by atoms with E-state index in [2.05, 4.69) is 10.0 Å². The Hall–Kier alpha value is -3.86. The molecule has 0 aliphatic heterocycles. The van der Waals surface area contributed by atoms with Gasteiger partial charge in [-0.15, -0.1) is 0 Å². The molecule has 0 bridgehead atoms. The van der Waals surface area contributed by atoms with Crippen LogP contribution in [0.25, 0.3) is 0 Å². The molecule has 0 aliphatic rings. The summed E-state index contributed by atoms with van der Waals surface area (Å²) in [7, 11) is -4.16. The summed E-state index contributed by atoms with van der Waals surface area (Å²) in [5.41, 5.74) is -0.503. The Morgan fingerprint density at radius 3 is 2.24 bits per heavy atom. The molecule has 0 spiro atoms. The largest absolute Gasteiger partial charge is 0.484 e. The van der Waals surface area contributed by atoms with Crippen molar-refractivity contribution in [2.75, 3.05) is 16.6 Å². The number of anilines is 2. The molecule has 11 heteroatoms. The molecule has 7 nitrogen and oxygen atoms in total. The van der Waals surface area contributed by atoms with Crippen molar-refractivity contribution in [3.05, 3.63) is 83.9 Å². The average Bonchev–Trinajstić information content (AvgIpc) is 2.77. The molecular weight excluding hydrogens is 473 g/mol. The van der Waals surface area contributed by atoms with Crippen molar-refractivity contribution < 1.29 is 35.9 Å². The van der Waals surface area contributed by atoms with Gasteiger partial charge in [0.15, 0.2) is 12.4 Å². The van der Waals surface area contributed by atoms with E-state index in [-0.39, 0.29) is 28.7 Å². The third-order valence-electron chi connectivity index (χ3n) is 4.50. The Kier molecular flexibility index (Phi) is 7.26. The molecule has 0 heterocycles. The lowest BCUT2D eigenvalue weighted by molar-refractivity contribution is -0.137. The summed E-state index contributed by atoms with van der Waals surface area (Å²) < 4.78 is 71.0. The molecule has 0 aliphatic carbocycles. The molecule has 3 aromatic carbocycles. The molecule has 0 saturated carbocycles. The van der Waals surface area contributed by atoms with Crippen molar-refractivity contribution in [3.8, 4) is 5.75 Å². The zero-order valence-corrected chi connectivity index (χ0v) is 18.5. The first-order valence-electron chi connectivity index (χ1n) is 9.78. The summed E-state index contributed by atoms with van der Waals surface area (Å²) in [5, 5.41) is 2.53. The number of Topliss-reactive ketones (excluding diaryl/α,β-unsaturated/α-hetero) is 1. The number of ether oxygens (including phenoxy) is 1. The van der Waals surface area contributed by atoms with Gasteiger partial charge in [-0.3, -0.25) is 14.3 Å². The Morgan fingerprint density at radius 1 is 0.912 bits per heavy atom. The van der Waals surface area contributed by atoms with Gasteiger partial charge in [0.25, 0.3) is 15.9 Å². The van der Waals surface area contributed by atoms with Crippen molar-refractivity contribution in [1.82, 2.24) is 0 Å². The van der Waals surface area contributed by atoms with Crippen molar-refractivity contribution >= 4 is 33.1 Å². The van der Waals surface area contributed by atoms with Crippen molar-refractivity contribution in [2.24, 2.45) is 0 Å². The normalized spacial score (nSPS) is 11.5. The van der Waals surface area contributed by atoms with Crippen LogP contribution in [0, 0.1) is 0 Å². The van der Waals surface area contributed by atoms with E-state index in [0.717, 1.165) is 12.1 Å². The Bertz CT molecular complexity index is 1310. The van der Waals surface area contributed by atoms with E-state index in [4.69, 9.17) is 4.74 Å². The molecule has 0 unspecified atom stereocenters. The van der Waals surface area contributed by atoms with E-state index in [9.17, 15) is 31.2 Å². The molecule has 2 N–H and O–H groups in total. The summed E-state index contributed by atoms with van der Waals surface area (Å²) in [6.07, 6.45) is -4.61. The third kappa shape index (κ3) is 6.58. The lowest BCUT2D eigenvalue weighted by Crippen LogP contribution is -2.20. The van der Waals surface area contributed by atoms with Crippen molar-refractivity contribution in [3.63, 3.8) is 0 Å². The van der Waals surface area contributed by atoms with Gasteiger partial charge in [-0.2, -0.15) is 13.2 Å². The van der Waals surface area contributed by atoms with Gasteiger partial charge in [0.1, 0.15) is 5.75 Å². The number of carbonyl (C=O) groups excluding carboxylic acids is 2. The van der Waals surface area contributed by atoms with Gasteiger partial charge in [-0.25, -0.2) is 8.42 Å². The van der Waals surface area contributed by atoms with Crippen LogP contribution in [0.3, 0.4) is 0 Å². The summed E-state index contributed by atoms with van der Waals surface area (Å²) in [4.78, 5) is 23.3. The number of hydrogen-bond acceptors (Lipinski definition) is 5. The van der Waals surface area contributed by atoms with E-state index in [1.54, 1.807) is 18.2 Å². The van der Waals surface area contributed by atoms with Gasteiger partial charge < -0.3 is 10.1 Å². The van der Waals surface area contributed by atoms with E-state index >= 15 is 0 Å². The minimum atomic E-state index is -4.61. The second-order valence-electron chi connectivity index (χ2n) is 7.13. The number of amides is 1. The maximum absolute atomic E-state index is 12.8. The van der Waals surface area contributed by atoms with Crippen LogP contribution in [0.1, 0.15) is 22.8 Å². The van der Waals surface area contributed by atoms with Crippen LogP contribution in [0.5, 0.6) is 5.75 Å². The summed E-state index contributed by atoms with van der Waals surface area (Å²) in [5.74, 6) is -0.330. The second-order valence-corrected chi connectivity index (χ2v) is 8.81. The molecule has 3 rings (SSSR count). The van der Waals surface area contributed by atoms with Gasteiger partial charge in [0, 0.05) is 16.9 Å². The maximum atomic E-state index is 12.8. The van der Waals surface area contributed by atoms with Gasteiger partial charge in [0.05, 0.1) is 10.5 Å². The smallest absolute Gasteiger partial charge is 0.416 e. The molecule has 0 aromatic heterocycles. The fraction of sp³-hybridized carbons (Fsp3) is 0.130. The average molecular weight is 492 g/mol. The molecular formula is C23H19F3N2O5S. The first kappa shape index (κ1) is 24.8. The van der Waals surface area contributed by atoms with E-state index in [1.807, 2.05) is 0 Å². The molecule has 1 amide bonds. The zero-order valence-electron chi connectivity index (χ0n) is 17.7. The lowest BCUT2D eigenvalue weighted by Gasteiger charge is -2.12. The first-order chi connectivity index (χ1) is 15.9. The quantitative estimate of drug-likeness (QED) is 0.443. The number of rotatable bonds is 8. The number of ketones is 1. The molecule has 0 saturated heterocycles. The number of nitrogens with one attached hydrogen (secondary N) is 2. The summed E-state index contributed by atoms with van der Waals surface area (Å²) in [6, 6.07) is 15.2. The van der Waals surface area contributed by atoms with Crippen molar-refractivity contribution in [1.29, 1.82) is 0 Å². The highest BCUT2D eigenvalue weighted by Gasteiger charge is 2.30. The molecule has 0 atom stereocenters. The fourth-order valence-electron chi connectivity index (χ4n) is 2.84. The van der Waals surface area contributed by atoms with Crippen molar-refractivity contribution in [2.45, 2.75) is 18.0 Å². The van der Waals surface area contributed by atoms with Crippen LogP contribution in [0.2, 0.25) is 0 Å². The van der Waals surface area contributed by atoms with Crippen LogP contribution >= 0.6 is 0 Å². The van der Waals surface area contributed by atoms with E-state index < -0.39 is 27.7 Å². The number of carbonyl (C=O) groups is 2. The van der Waals surface area contributed by atoms with E-state index in [0.29, 0.717) is 17.4 Å². The van der Waals surface area contributed by atoms with E-state index in [1.165, 1.54) is 43.3 Å². The molecule has 3 aromatic rings. The maximum Gasteiger partial charge on any atom is 0.416 e. The van der Waals surface area contributed by atoms with Gasteiger partial charge in [-0.05, 0) is 61.5 Å². The SMILES string of the molecule is CC(=O)c1cccc(OCC(=O)Nc2ccc(S(=O)(=O)Nc3cccc(C(F)(F)F)c3)cc2)c1. The second kappa shape index (κ2) is 9.96. The highest BCUT2D eigenvalue weighted by molar-refractivity contribution is 7.92. The van der Waals surface area contributed by atoms with Crippen LogP contribution in [-0.2, 0) is 21.0 Å². The predicted molar refractivity (Wildman–Crippen MR) is 119 cm³/mol. The third-order valence-corrected chi connectivity index (χ3v) is 5.90. The van der Waals surface area contributed by atoms with Crippen LogP contribution in [0.15, 0.2) is 77.7 Å². The molecule has 0 fully saturated rings. The predicted octanol–water partition coefficient (Wildman–Crippen LogP) is 4.73. The molecule has 34 heavy (non-hydrogen) atoms. The topological polar surface area (TPSA) is 102 Å². The van der Waals surface area contributed by atoms with Crippen LogP contribution < -0.4 is 14.8 Å². The van der Waals surface area contributed by atoms with Gasteiger partial charge in [0.2, 0.25) is 0 Å². The standard InChI is InChI=1S/C23H19F3N2O5S/c1-15(29)16-4-2-7-20(12-16)33-14-22(30)27-18-8-10-21(11-9-18)34(31,32)28-19-6-3-5-17(13-19)23(24,25)26/h2-13,28H,14H2,1H3,(H,27,30). The lowest BCUT2D eigenvalue weighted by atomic mass is 10.1. The number of halogens is 3. The monoisotopic (exact) mass is 492 g/mol. The Balaban J connectivity index is 1.61. The van der Waals surface area contributed by atoms with Gasteiger partial charge >= 0.3 is 6.18 Å². The number of alkyl halides is 3. The Morgan fingerprint density at radius 2 is 1.59 bits per heavy atom. The summed E-state index contributed by atoms with van der Waals surface area (Å²) >= 11 is 0. The minimum Gasteiger partial charge on any atom is -0.484 e. The van der Waals surface area contributed by atoms with Crippen LogP contribution in [0.4, 0.5) is 24.5 Å².